The number of aliphatic hydroxyl groups excluding tert-OH is 1. The molecular formula is C14H26O3. The zero-order chi connectivity index (χ0) is 12.9. The fourth-order valence-electron chi connectivity index (χ4n) is 1.78. The predicted molar refractivity (Wildman–Crippen MR) is 70.0 cm³/mol. The molecule has 0 saturated carbocycles. The molecule has 3 nitrogen and oxygen atoms in total. The van der Waals surface area contributed by atoms with Crippen LogP contribution in [0.3, 0.4) is 0 Å². The van der Waals surface area contributed by atoms with Crippen molar-refractivity contribution >= 4 is 5.97 Å². The number of unbranched alkanes of at least 4 members (excludes halogenated alkanes) is 5. The van der Waals surface area contributed by atoms with Crippen molar-refractivity contribution in [3.63, 3.8) is 0 Å². The molecule has 0 aliphatic carbocycles. The first-order valence-electron chi connectivity index (χ1n) is 6.74. The highest BCUT2D eigenvalue weighted by Gasteiger charge is 2.02. The van der Waals surface area contributed by atoms with E-state index in [1.165, 1.54) is 25.7 Å². The van der Waals surface area contributed by atoms with E-state index in [2.05, 4.69) is 6.92 Å². The van der Waals surface area contributed by atoms with Gasteiger partial charge in [-0.1, -0.05) is 45.1 Å². The smallest absolute Gasteiger partial charge is 0.327 e. The Balaban J connectivity index is 3.28. The fourth-order valence-corrected chi connectivity index (χ4v) is 1.78. The van der Waals surface area contributed by atoms with Gasteiger partial charge in [0.2, 0.25) is 0 Å². The molecular weight excluding hydrogens is 216 g/mol. The van der Waals surface area contributed by atoms with Gasteiger partial charge in [0.05, 0.1) is 6.10 Å². The third-order valence-corrected chi connectivity index (χ3v) is 2.81. The molecule has 0 saturated heterocycles. The van der Waals surface area contributed by atoms with Gasteiger partial charge >= 0.3 is 5.97 Å². The molecule has 17 heavy (non-hydrogen) atoms. The van der Waals surface area contributed by atoms with Gasteiger partial charge in [-0.25, -0.2) is 4.79 Å². The van der Waals surface area contributed by atoms with E-state index in [0.29, 0.717) is 0 Å². The average molecular weight is 242 g/mol. The minimum absolute atomic E-state index is 0.213. The molecule has 0 fully saturated rings. The van der Waals surface area contributed by atoms with Crippen LogP contribution in [0.25, 0.3) is 0 Å². The molecule has 0 amide bonds. The van der Waals surface area contributed by atoms with E-state index < -0.39 is 5.97 Å². The van der Waals surface area contributed by atoms with Crippen molar-refractivity contribution in [3.8, 4) is 0 Å². The summed E-state index contributed by atoms with van der Waals surface area (Å²) in [5.41, 5.74) is 0. The molecule has 0 bridgehead atoms. The summed E-state index contributed by atoms with van der Waals surface area (Å²) in [5.74, 6) is -0.901. The Morgan fingerprint density at radius 3 is 2.41 bits per heavy atom. The van der Waals surface area contributed by atoms with E-state index >= 15 is 0 Å². The van der Waals surface area contributed by atoms with Crippen molar-refractivity contribution in [2.75, 3.05) is 0 Å². The van der Waals surface area contributed by atoms with Gasteiger partial charge in [0, 0.05) is 6.08 Å². The molecule has 100 valence electrons. The summed E-state index contributed by atoms with van der Waals surface area (Å²) in [4.78, 5) is 10.2. The average Bonchev–Trinajstić information content (AvgIpc) is 2.28. The summed E-state index contributed by atoms with van der Waals surface area (Å²) < 4.78 is 0. The number of aliphatic carboxylic acids is 1. The van der Waals surface area contributed by atoms with Crippen LogP contribution in [-0.4, -0.2) is 22.3 Å². The maximum absolute atomic E-state index is 10.2. The minimum atomic E-state index is -0.901. The van der Waals surface area contributed by atoms with E-state index in [1.54, 1.807) is 6.08 Å². The van der Waals surface area contributed by atoms with Gasteiger partial charge in [-0.05, 0) is 25.7 Å². The number of allylic oxidation sites excluding steroid dienone is 1. The second kappa shape index (κ2) is 11.6. The molecule has 0 rings (SSSR count). The van der Waals surface area contributed by atoms with Crippen LogP contribution in [0.5, 0.6) is 0 Å². The fraction of sp³-hybridized carbons (Fsp3) is 0.786. The second-order valence-electron chi connectivity index (χ2n) is 4.53. The molecule has 0 radical (unpaired) electrons. The van der Waals surface area contributed by atoms with Crippen LogP contribution in [0.15, 0.2) is 12.2 Å². The number of carboxylic acid groups (broad SMARTS) is 1. The lowest BCUT2D eigenvalue weighted by Gasteiger charge is -2.09. The number of carbonyl (C=O) groups is 1. The third kappa shape index (κ3) is 13.1. The number of aliphatic hydroxyl groups is 1. The zero-order valence-corrected chi connectivity index (χ0v) is 10.9. The number of carboxylic acids is 1. The Bertz CT molecular complexity index is 212. The molecule has 0 aromatic carbocycles. The summed E-state index contributed by atoms with van der Waals surface area (Å²) in [6, 6.07) is 0. The maximum Gasteiger partial charge on any atom is 0.327 e. The SMILES string of the molecule is CCCCCCCC(O)CCCC=CC(=O)O. The highest BCUT2D eigenvalue weighted by atomic mass is 16.4. The Labute approximate surface area is 105 Å². The van der Waals surface area contributed by atoms with E-state index in [9.17, 15) is 9.90 Å². The summed E-state index contributed by atoms with van der Waals surface area (Å²) in [6.07, 6.45) is 12.0. The summed E-state index contributed by atoms with van der Waals surface area (Å²) in [7, 11) is 0. The van der Waals surface area contributed by atoms with Crippen molar-refractivity contribution < 1.29 is 15.0 Å². The van der Waals surface area contributed by atoms with Crippen LogP contribution in [0.2, 0.25) is 0 Å². The van der Waals surface area contributed by atoms with E-state index in [0.717, 1.165) is 38.2 Å². The summed E-state index contributed by atoms with van der Waals surface area (Å²) in [6.45, 7) is 2.19. The molecule has 3 heteroatoms. The lowest BCUT2D eigenvalue weighted by Crippen LogP contribution is -2.05. The molecule has 0 aliphatic rings. The molecule has 2 N–H and O–H groups in total. The zero-order valence-electron chi connectivity index (χ0n) is 10.9. The van der Waals surface area contributed by atoms with Crippen LogP contribution < -0.4 is 0 Å². The van der Waals surface area contributed by atoms with Crippen molar-refractivity contribution in [2.24, 2.45) is 0 Å². The quantitative estimate of drug-likeness (QED) is 0.430. The van der Waals surface area contributed by atoms with Gasteiger partial charge < -0.3 is 10.2 Å². The van der Waals surface area contributed by atoms with Crippen molar-refractivity contribution in [3.05, 3.63) is 12.2 Å². The first-order valence-corrected chi connectivity index (χ1v) is 6.74. The van der Waals surface area contributed by atoms with Crippen LogP contribution in [0, 0.1) is 0 Å². The lowest BCUT2D eigenvalue weighted by molar-refractivity contribution is -0.131. The maximum atomic E-state index is 10.2. The Kier molecular flexibility index (Phi) is 11.1. The standard InChI is InChI=1S/C14H26O3/c1-2-3-4-5-7-10-13(15)11-8-6-9-12-14(16)17/h9,12-13,15H,2-8,10-11H2,1H3,(H,16,17). The van der Waals surface area contributed by atoms with Gasteiger partial charge in [0.1, 0.15) is 0 Å². The van der Waals surface area contributed by atoms with Gasteiger partial charge in [-0.3, -0.25) is 0 Å². The monoisotopic (exact) mass is 242 g/mol. The first kappa shape index (κ1) is 16.2. The normalized spacial score (nSPS) is 13.1. The molecule has 0 heterocycles. The van der Waals surface area contributed by atoms with Gasteiger partial charge in [-0.2, -0.15) is 0 Å². The summed E-state index contributed by atoms with van der Waals surface area (Å²) >= 11 is 0. The Hall–Kier alpha value is -0.830. The topological polar surface area (TPSA) is 57.5 Å². The number of hydrogen-bond donors (Lipinski definition) is 2. The van der Waals surface area contributed by atoms with Gasteiger partial charge in [0.25, 0.3) is 0 Å². The lowest BCUT2D eigenvalue weighted by atomic mass is 10.0. The molecule has 0 aliphatic heterocycles. The van der Waals surface area contributed by atoms with Crippen LogP contribution in [0.1, 0.15) is 64.7 Å². The molecule has 0 spiro atoms. The molecule has 0 aromatic heterocycles. The summed E-state index contributed by atoms with van der Waals surface area (Å²) in [5, 5.41) is 18.0. The largest absolute Gasteiger partial charge is 0.478 e. The van der Waals surface area contributed by atoms with Crippen LogP contribution >= 0.6 is 0 Å². The van der Waals surface area contributed by atoms with Crippen LogP contribution in [-0.2, 0) is 4.79 Å². The molecule has 0 aromatic rings. The number of hydrogen-bond acceptors (Lipinski definition) is 2. The number of rotatable bonds is 11. The molecule has 1 atom stereocenters. The first-order chi connectivity index (χ1) is 8.16. The second-order valence-corrected chi connectivity index (χ2v) is 4.53. The highest BCUT2D eigenvalue weighted by Crippen LogP contribution is 2.11. The van der Waals surface area contributed by atoms with Crippen molar-refractivity contribution in [2.45, 2.75) is 70.8 Å². The van der Waals surface area contributed by atoms with E-state index in [4.69, 9.17) is 5.11 Å². The van der Waals surface area contributed by atoms with Gasteiger partial charge in [0.15, 0.2) is 0 Å². The minimum Gasteiger partial charge on any atom is -0.478 e. The predicted octanol–water partition coefficient (Wildman–Crippen LogP) is 3.52. The van der Waals surface area contributed by atoms with Crippen molar-refractivity contribution in [1.82, 2.24) is 0 Å². The van der Waals surface area contributed by atoms with E-state index in [1.807, 2.05) is 0 Å². The highest BCUT2D eigenvalue weighted by molar-refractivity contribution is 5.79. The van der Waals surface area contributed by atoms with Crippen LogP contribution in [0.4, 0.5) is 0 Å². The van der Waals surface area contributed by atoms with Crippen molar-refractivity contribution in [1.29, 1.82) is 0 Å². The Morgan fingerprint density at radius 1 is 1.12 bits per heavy atom. The Morgan fingerprint density at radius 2 is 1.76 bits per heavy atom. The molecule has 1 unspecified atom stereocenters. The van der Waals surface area contributed by atoms with Gasteiger partial charge in [-0.15, -0.1) is 0 Å². The van der Waals surface area contributed by atoms with E-state index in [-0.39, 0.29) is 6.10 Å². The third-order valence-electron chi connectivity index (χ3n) is 2.81.